The molecule has 0 fully saturated rings. The molecule has 0 aromatic carbocycles. The molecule has 0 radical (unpaired) electrons. The number of allylic oxidation sites excluding steroid dienone is 1. The molecular formula is C9H19N. The standard InChI is InChI=1S/C9H19N/c1-6-7(2)8(3)9(4)10-5/h6,8-10H,1-5H3/b7-6+. The van der Waals surface area contributed by atoms with Crippen LogP contribution in [0.3, 0.4) is 0 Å². The average Bonchev–Trinajstić information content (AvgIpc) is 2.00. The molecule has 2 unspecified atom stereocenters. The maximum atomic E-state index is 3.24. The quantitative estimate of drug-likeness (QED) is 0.594. The molecule has 0 saturated carbocycles. The molecule has 1 heteroatoms. The fraction of sp³-hybridized carbons (Fsp3) is 0.778. The fourth-order valence-corrected chi connectivity index (χ4v) is 0.907. The summed E-state index contributed by atoms with van der Waals surface area (Å²) in [6.07, 6.45) is 2.18. The lowest BCUT2D eigenvalue weighted by Gasteiger charge is -2.19. The van der Waals surface area contributed by atoms with Crippen LogP contribution in [0.5, 0.6) is 0 Å². The molecule has 0 saturated heterocycles. The van der Waals surface area contributed by atoms with Gasteiger partial charge in [-0.3, -0.25) is 0 Å². The Kier molecular flexibility index (Phi) is 4.37. The molecule has 0 aliphatic rings. The van der Waals surface area contributed by atoms with Crippen LogP contribution in [0.1, 0.15) is 27.7 Å². The topological polar surface area (TPSA) is 12.0 Å². The normalized spacial score (nSPS) is 18.7. The van der Waals surface area contributed by atoms with Crippen molar-refractivity contribution in [3.8, 4) is 0 Å². The van der Waals surface area contributed by atoms with E-state index in [1.54, 1.807) is 0 Å². The molecule has 0 spiro atoms. The second-order valence-corrected chi connectivity index (χ2v) is 2.90. The molecule has 1 N–H and O–H groups in total. The zero-order valence-electron chi connectivity index (χ0n) is 7.73. The monoisotopic (exact) mass is 141 g/mol. The third kappa shape index (κ3) is 2.53. The van der Waals surface area contributed by atoms with Gasteiger partial charge >= 0.3 is 0 Å². The van der Waals surface area contributed by atoms with Gasteiger partial charge in [0, 0.05) is 6.04 Å². The van der Waals surface area contributed by atoms with E-state index >= 15 is 0 Å². The molecule has 0 amide bonds. The summed E-state index contributed by atoms with van der Waals surface area (Å²) in [5, 5.41) is 3.24. The summed E-state index contributed by atoms with van der Waals surface area (Å²) in [5.74, 6) is 0.648. The van der Waals surface area contributed by atoms with Crippen molar-refractivity contribution in [3.63, 3.8) is 0 Å². The first-order valence-electron chi connectivity index (χ1n) is 3.93. The lowest BCUT2D eigenvalue weighted by Crippen LogP contribution is -2.29. The predicted octanol–water partition coefficient (Wildman–Crippen LogP) is 2.20. The van der Waals surface area contributed by atoms with Gasteiger partial charge in [0.1, 0.15) is 0 Å². The van der Waals surface area contributed by atoms with Crippen molar-refractivity contribution in [1.82, 2.24) is 5.32 Å². The number of rotatable bonds is 3. The van der Waals surface area contributed by atoms with E-state index < -0.39 is 0 Å². The molecule has 0 aromatic heterocycles. The zero-order valence-corrected chi connectivity index (χ0v) is 7.73. The van der Waals surface area contributed by atoms with Crippen LogP contribution in [-0.2, 0) is 0 Å². The van der Waals surface area contributed by atoms with Crippen molar-refractivity contribution >= 4 is 0 Å². The van der Waals surface area contributed by atoms with Crippen LogP contribution in [0.2, 0.25) is 0 Å². The molecule has 1 nitrogen and oxygen atoms in total. The summed E-state index contributed by atoms with van der Waals surface area (Å²) in [6.45, 7) is 8.72. The minimum atomic E-state index is 0.580. The fourth-order valence-electron chi connectivity index (χ4n) is 0.907. The van der Waals surface area contributed by atoms with Crippen molar-refractivity contribution in [3.05, 3.63) is 11.6 Å². The van der Waals surface area contributed by atoms with E-state index in [-0.39, 0.29) is 0 Å². The van der Waals surface area contributed by atoms with E-state index in [0.717, 1.165) is 0 Å². The summed E-state index contributed by atoms with van der Waals surface area (Å²) in [7, 11) is 2.00. The highest BCUT2D eigenvalue weighted by Gasteiger charge is 2.09. The number of nitrogens with one attached hydrogen (secondary N) is 1. The van der Waals surface area contributed by atoms with Crippen LogP contribution in [0, 0.1) is 5.92 Å². The molecule has 0 aliphatic heterocycles. The molecule has 0 aliphatic carbocycles. The third-order valence-electron chi connectivity index (χ3n) is 2.38. The third-order valence-corrected chi connectivity index (χ3v) is 2.38. The van der Waals surface area contributed by atoms with Gasteiger partial charge in [0.2, 0.25) is 0 Å². The van der Waals surface area contributed by atoms with Gasteiger partial charge in [0.25, 0.3) is 0 Å². The van der Waals surface area contributed by atoms with Crippen molar-refractivity contribution in [2.75, 3.05) is 7.05 Å². The minimum absolute atomic E-state index is 0.580. The van der Waals surface area contributed by atoms with E-state index in [2.05, 4.69) is 39.1 Å². The Morgan fingerprint density at radius 3 is 2.20 bits per heavy atom. The molecule has 0 heterocycles. The molecular weight excluding hydrogens is 122 g/mol. The molecule has 10 heavy (non-hydrogen) atoms. The van der Waals surface area contributed by atoms with E-state index in [1.807, 2.05) is 7.05 Å². The SMILES string of the molecule is C/C=C(\C)C(C)C(C)NC. The Hall–Kier alpha value is -0.300. The molecule has 0 rings (SSSR count). The van der Waals surface area contributed by atoms with Crippen molar-refractivity contribution in [2.24, 2.45) is 5.92 Å². The summed E-state index contributed by atoms with van der Waals surface area (Å²) < 4.78 is 0. The molecule has 2 atom stereocenters. The van der Waals surface area contributed by atoms with Gasteiger partial charge in [-0.05, 0) is 33.7 Å². The number of hydrogen-bond donors (Lipinski definition) is 1. The highest BCUT2D eigenvalue weighted by molar-refractivity contribution is 5.02. The van der Waals surface area contributed by atoms with Crippen molar-refractivity contribution in [2.45, 2.75) is 33.7 Å². The predicted molar refractivity (Wildman–Crippen MR) is 47.1 cm³/mol. The van der Waals surface area contributed by atoms with Gasteiger partial charge in [0.05, 0.1) is 0 Å². The number of hydrogen-bond acceptors (Lipinski definition) is 1. The maximum Gasteiger partial charge on any atom is 0.00984 e. The van der Waals surface area contributed by atoms with Gasteiger partial charge in [-0.1, -0.05) is 18.6 Å². The summed E-state index contributed by atoms with van der Waals surface area (Å²) >= 11 is 0. The summed E-state index contributed by atoms with van der Waals surface area (Å²) in [4.78, 5) is 0. The Balaban J connectivity index is 3.94. The Bertz CT molecular complexity index is 116. The van der Waals surface area contributed by atoms with Crippen LogP contribution in [0.15, 0.2) is 11.6 Å². The second kappa shape index (κ2) is 4.51. The second-order valence-electron chi connectivity index (χ2n) is 2.90. The van der Waals surface area contributed by atoms with Crippen LogP contribution < -0.4 is 5.32 Å². The maximum absolute atomic E-state index is 3.24. The van der Waals surface area contributed by atoms with Crippen LogP contribution in [-0.4, -0.2) is 13.1 Å². The van der Waals surface area contributed by atoms with Crippen LogP contribution in [0.4, 0.5) is 0 Å². The molecule has 0 bridgehead atoms. The van der Waals surface area contributed by atoms with Gasteiger partial charge in [-0.15, -0.1) is 0 Å². The van der Waals surface area contributed by atoms with E-state index in [9.17, 15) is 0 Å². The van der Waals surface area contributed by atoms with Crippen LogP contribution in [0.25, 0.3) is 0 Å². The highest BCUT2D eigenvalue weighted by Crippen LogP contribution is 2.12. The lowest BCUT2D eigenvalue weighted by molar-refractivity contribution is 0.478. The first-order chi connectivity index (χ1) is 4.63. The first kappa shape index (κ1) is 9.70. The van der Waals surface area contributed by atoms with E-state index in [4.69, 9.17) is 0 Å². The van der Waals surface area contributed by atoms with Crippen LogP contribution >= 0.6 is 0 Å². The molecule has 0 aromatic rings. The van der Waals surface area contributed by atoms with Gasteiger partial charge < -0.3 is 5.32 Å². The zero-order chi connectivity index (χ0) is 8.15. The van der Waals surface area contributed by atoms with Crippen molar-refractivity contribution in [1.29, 1.82) is 0 Å². The molecule has 60 valence electrons. The van der Waals surface area contributed by atoms with E-state index in [1.165, 1.54) is 5.57 Å². The summed E-state index contributed by atoms with van der Waals surface area (Å²) in [5.41, 5.74) is 1.46. The average molecular weight is 141 g/mol. The minimum Gasteiger partial charge on any atom is -0.317 e. The van der Waals surface area contributed by atoms with Crippen molar-refractivity contribution < 1.29 is 0 Å². The largest absolute Gasteiger partial charge is 0.317 e. The van der Waals surface area contributed by atoms with Gasteiger partial charge in [-0.2, -0.15) is 0 Å². The smallest absolute Gasteiger partial charge is 0.00984 e. The lowest BCUT2D eigenvalue weighted by atomic mass is 9.95. The Labute approximate surface area is 64.5 Å². The Morgan fingerprint density at radius 2 is 1.90 bits per heavy atom. The first-order valence-corrected chi connectivity index (χ1v) is 3.93. The highest BCUT2D eigenvalue weighted by atomic mass is 14.9. The Morgan fingerprint density at radius 1 is 1.40 bits per heavy atom. The summed E-state index contributed by atoms with van der Waals surface area (Å²) in [6, 6.07) is 0.580. The van der Waals surface area contributed by atoms with Gasteiger partial charge in [-0.25, -0.2) is 0 Å². The van der Waals surface area contributed by atoms with Gasteiger partial charge in [0.15, 0.2) is 0 Å². The van der Waals surface area contributed by atoms with E-state index in [0.29, 0.717) is 12.0 Å².